The van der Waals surface area contributed by atoms with Crippen molar-refractivity contribution >= 4 is 23.9 Å². The lowest BCUT2D eigenvalue weighted by Gasteiger charge is -1.98. The molecule has 0 saturated heterocycles. The van der Waals surface area contributed by atoms with Crippen molar-refractivity contribution in [1.82, 2.24) is 15.4 Å². The van der Waals surface area contributed by atoms with Crippen LogP contribution in [-0.2, 0) is 0 Å². The van der Waals surface area contributed by atoms with Crippen LogP contribution in [0.2, 0.25) is 0 Å². The minimum Gasteiger partial charge on any atom is -0.265 e. The van der Waals surface area contributed by atoms with Gasteiger partial charge < -0.3 is 0 Å². The molecule has 0 atom stereocenters. The summed E-state index contributed by atoms with van der Waals surface area (Å²) in [7, 11) is 0. The van der Waals surface area contributed by atoms with Crippen LogP contribution in [-0.4, -0.2) is 28.3 Å². The summed E-state index contributed by atoms with van der Waals surface area (Å²) in [4.78, 5) is 20.5. The molecule has 0 aliphatic rings. The number of carbonyl (C=O) groups excluding carboxylic acids is 1. The van der Waals surface area contributed by atoms with Crippen LogP contribution in [0, 0.1) is 0 Å². The summed E-state index contributed by atoms with van der Waals surface area (Å²) in [5, 5.41) is 3.87. The van der Waals surface area contributed by atoms with Crippen molar-refractivity contribution in [3.05, 3.63) is 54.1 Å². The zero-order valence-electron chi connectivity index (χ0n) is 10.3. The van der Waals surface area contributed by atoms with E-state index in [-0.39, 0.29) is 11.6 Å². The molecule has 1 aromatic heterocycles. The van der Waals surface area contributed by atoms with Crippen LogP contribution in [0.1, 0.15) is 16.1 Å². The van der Waals surface area contributed by atoms with Crippen molar-refractivity contribution < 1.29 is 4.79 Å². The van der Waals surface area contributed by atoms with Gasteiger partial charge >= 0.3 is 0 Å². The van der Waals surface area contributed by atoms with Gasteiger partial charge in [-0.1, -0.05) is 12.1 Å². The first kappa shape index (κ1) is 13.2. The molecule has 0 bridgehead atoms. The highest BCUT2D eigenvalue weighted by atomic mass is 32.2. The number of amides is 1. The Hall–Kier alpha value is -2.21. The highest BCUT2D eigenvalue weighted by Crippen LogP contribution is 2.13. The molecular formula is C13H12N4OS. The second kappa shape index (κ2) is 6.65. The van der Waals surface area contributed by atoms with Crippen molar-refractivity contribution in [2.45, 2.75) is 4.90 Å². The fraction of sp³-hybridized carbons (Fsp3) is 0.0769. The first-order valence-electron chi connectivity index (χ1n) is 5.53. The molecule has 0 radical (unpaired) electrons. The van der Waals surface area contributed by atoms with Gasteiger partial charge in [0.1, 0.15) is 5.69 Å². The van der Waals surface area contributed by atoms with E-state index in [1.54, 1.807) is 18.0 Å². The molecule has 1 amide bonds. The normalized spacial score (nSPS) is 10.6. The van der Waals surface area contributed by atoms with Gasteiger partial charge in [0.05, 0.1) is 12.4 Å². The standard InChI is InChI=1S/C13H12N4OS/c1-19-11-4-2-10(3-5-11)8-16-17-13(18)12-9-14-6-7-15-12/h2-9H,1H3,(H,17,18)/b16-8-. The number of nitrogens with one attached hydrogen (secondary N) is 1. The van der Waals surface area contributed by atoms with Crippen LogP contribution in [0.3, 0.4) is 0 Å². The SMILES string of the molecule is CSc1ccc(/C=N\NC(=O)c2cnccn2)cc1. The Kier molecular flexibility index (Phi) is 4.63. The number of hydrogen-bond donors (Lipinski definition) is 1. The molecule has 0 aliphatic carbocycles. The lowest BCUT2D eigenvalue weighted by Crippen LogP contribution is -2.19. The lowest BCUT2D eigenvalue weighted by molar-refractivity contribution is 0.0950. The average Bonchev–Trinajstić information content (AvgIpc) is 2.49. The number of rotatable bonds is 4. The Bertz CT molecular complexity index is 569. The topological polar surface area (TPSA) is 67.2 Å². The Morgan fingerprint density at radius 3 is 2.74 bits per heavy atom. The van der Waals surface area contributed by atoms with E-state index in [4.69, 9.17) is 0 Å². The van der Waals surface area contributed by atoms with Gasteiger partial charge in [0.15, 0.2) is 0 Å². The monoisotopic (exact) mass is 272 g/mol. The molecule has 0 spiro atoms. The van der Waals surface area contributed by atoms with Crippen molar-refractivity contribution in [3.8, 4) is 0 Å². The molecule has 5 nitrogen and oxygen atoms in total. The van der Waals surface area contributed by atoms with E-state index in [0.717, 1.165) is 5.56 Å². The first-order valence-corrected chi connectivity index (χ1v) is 6.75. The van der Waals surface area contributed by atoms with Gasteiger partial charge in [0.25, 0.3) is 5.91 Å². The Morgan fingerprint density at radius 2 is 2.11 bits per heavy atom. The Balaban J connectivity index is 1.94. The zero-order chi connectivity index (χ0) is 13.5. The number of aromatic nitrogens is 2. The van der Waals surface area contributed by atoms with E-state index in [2.05, 4.69) is 20.5 Å². The maximum absolute atomic E-state index is 11.6. The van der Waals surface area contributed by atoms with E-state index >= 15 is 0 Å². The molecule has 2 rings (SSSR count). The fourth-order valence-electron chi connectivity index (χ4n) is 1.33. The Labute approximate surface area is 115 Å². The van der Waals surface area contributed by atoms with Crippen LogP contribution in [0.15, 0.2) is 52.9 Å². The summed E-state index contributed by atoms with van der Waals surface area (Å²) >= 11 is 1.67. The molecule has 96 valence electrons. The number of nitrogens with zero attached hydrogens (tertiary/aromatic N) is 3. The lowest BCUT2D eigenvalue weighted by atomic mass is 10.2. The summed E-state index contributed by atoms with van der Waals surface area (Å²) in [5.74, 6) is -0.384. The number of thioether (sulfide) groups is 1. The predicted octanol–water partition coefficient (Wildman–Crippen LogP) is 1.96. The van der Waals surface area contributed by atoms with Crippen molar-refractivity contribution in [3.63, 3.8) is 0 Å². The van der Waals surface area contributed by atoms with Gasteiger partial charge in [-0.25, -0.2) is 10.4 Å². The van der Waals surface area contributed by atoms with Gasteiger partial charge in [0, 0.05) is 17.3 Å². The number of benzene rings is 1. The second-order valence-electron chi connectivity index (χ2n) is 3.56. The molecule has 6 heteroatoms. The van der Waals surface area contributed by atoms with Crippen molar-refractivity contribution in [1.29, 1.82) is 0 Å². The molecule has 2 aromatic rings. The predicted molar refractivity (Wildman–Crippen MR) is 75.3 cm³/mol. The molecule has 0 unspecified atom stereocenters. The zero-order valence-corrected chi connectivity index (χ0v) is 11.1. The minimum absolute atomic E-state index is 0.234. The third-order valence-electron chi connectivity index (χ3n) is 2.29. The molecule has 1 heterocycles. The second-order valence-corrected chi connectivity index (χ2v) is 4.44. The molecule has 0 saturated carbocycles. The van der Waals surface area contributed by atoms with Crippen LogP contribution in [0.4, 0.5) is 0 Å². The highest BCUT2D eigenvalue weighted by molar-refractivity contribution is 7.98. The van der Waals surface area contributed by atoms with Crippen LogP contribution < -0.4 is 5.43 Å². The van der Waals surface area contributed by atoms with Crippen LogP contribution in [0.25, 0.3) is 0 Å². The molecule has 0 aliphatic heterocycles. The van der Waals surface area contributed by atoms with Crippen LogP contribution >= 0.6 is 11.8 Å². The number of carbonyl (C=O) groups is 1. The van der Waals surface area contributed by atoms with E-state index in [0.29, 0.717) is 0 Å². The summed E-state index contributed by atoms with van der Waals surface area (Å²) in [6.07, 6.45) is 7.95. The smallest absolute Gasteiger partial charge is 0.265 e. The molecule has 1 aromatic carbocycles. The van der Waals surface area contributed by atoms with Crippen molar-refractivity contribution in [2.24, 2.45) is 5.10 Å². The first-order chi connectivity index (χ1) is 9.29. The largest absolute Gasteiger partial charge is 0.291 e. The maximum atomic E-state index is 11.6. The fourth-order valence-corrected chi connectivity index (χ4v) is 1.74. The van der Waals surface area contributed by atoms with E-state index < -0.39 is 0 Å². The number of hydrogen-bond acceptors (Lipinski definition) is 5. The highest BCUT2D eigenvalue weighted by Gasteiger charge is 2.04. The number of hydrazone groups is 1. The third kappa shape index (κ3) is 3.89. The minimum atomic E-state index is -0.384. The summed E-state index contributed by atoms with van der Waals surface area (Å²) in [5.41, 5.74) is 3.55. The molecule has 0 fully saturated rings. The van der Waals surface area contributed by atoms with Crippen LogP contribution in [0.5, 0.6) is 0 Å². The van der Waals surface area contributed by atoms with Gasteiger partial charge in [-0.15, -0.1) is 11.8 Å². The van der Waals surface area contributed by atoms with E-state index in [1.807, 2.05) is 30.5 Å². The van der Waals surface area contributed by atoms with E-state index in [9.17, 15) is 4.79 Å². The van der Waals surface area contributed by atoms with Gasteiger partial charge in [-0.05, 0) is 24.0 Å². The third-order valence-corrected chi connectivity index (χ3v) is 3.03. The van der Waals surface area contributed by atoms with Gasteiger partial charge in [-0.3, -0.25) is 9.78 Å². The summed E-state index contributed by atoms with van der Waals surface area (Å²) < 4.78 is 0. The van der Waals surface area contributed by atoms with Gasteiger partial charge in [0.2, 0.25) is 0 Å². The Morgan fingerprint density at radius 1 is 1.32 bits per heavy atom. The van der Waals surface area contributed by atoms with E-state index in [1.165, 1.54) is 23.5 Å². The summed E-state index contributed by atoms with van der Waals surface area (Å²) in [6, 6.07) is 7.86. The average molecular weight is 272 g/mol. The summed E-state index contributed by atoms with van der Waals surface area (Å²) in [6.45, 7) is 0. The quantitative estimate of drug-likeness (QED) is 0.525. The van der Waals surface area contributed by atoms with Crippen molar-refractivity contribution in [2.75, 3.05) is 6.26 Å². The molecule has 19 heavy (non-hydrogen) atoms. The van der Waals surface area contributed by atoms with Gasteiger partial charge in [-0.2, -0.15) is 5.10 Å². The molecular weight excluding hydrogens is 260 g/mol. The maximum Gasteiger partial charge on any atom is 0.291 e. The molecule has 1 N–H and O–H groups in total.